The fourth-order valence-corrected chi connectivity index (χ4v) is 3.17. The third kappa shape index (κ3) is 3.16. The van der Waals surface area contributed by atoms with E-state index in [1.807, 2.05) is 0 Å². The van der Waals surface area contributed by atoms with E-state index in [4.69, 9.17) is 28.0 Å². The maximum Gasteiger partial charge on any atom is 0.428 e. The SMILES string of the molecule is FC(F)(F)C1(c2cc(Cl)cc(Cl)c2)C=C(c2ccc(Br)cc2)NO1. The molecule has 1 atom stereocenters. The molecule has 8 heteroatoms. The van der Waals surface area contributed by atoms with Crippen LogP contribution in [0.3, 0.4) is 0 Å². The summed E-state index contributed by atoms with van der Waals surface area (Å²) in [5.74, 6) is 0. The lowest BCUT2D eigenvalue weighted by atomic mass is 9.91. The van der Waals surface area contributed by atoms with Crippen molar-refractivity contribution in [3.63, 3.8) is 0 Å². The molecule has 0 aliphatic carbocycles. The largest absolute Gasteiger partial charge is 0.428 e. The zero-order valence-electron chi connectivity index (χ0n) is 11.8. The molecule has 0 spiro atoms. The van der Waals surface area contributed by atoms with Crippen LogP contribution in [0.1, 0.15) is 11.1 Å². The zero-order valence-corrected chi connectivity index (χ0v) is 14.9. The number of nitrogens with one attached hydrogen (secondary N) is 1. The van der Waals surface area contributed by atoms with E-state index >= 15 is 0 Å². The highest BCUT2D eigenvalue weighted by Crippen LogP contribution is 2.48. The second-order valence-electron chi connectivity index (χ2n) is 5.16. The molecule has 0 bridgehead atoms. The van der Waals surface area contributed by atoms with Crippen LogP contribution in [0.2, 0.25) is 10.0 Å². The molecule has 3 rings (SSSR count). The molecule has 0 fully saturated rings. The Kier molecular flexibility index (Phi) is 4.59. The molecule has 1 heterocycles. The average molecular weight is 439 g/mol. The standard InChI is InChI=1S/C16H9BrCl2F3NO/c17-11-3-1-9(2-4-11)14-8-15(24-23-14,16(20,21)22)10-5-12(18)7-13(19)6-10/h1-8,23H. The summed E-state index contributed by atoms with van der Waals surface area (Å²) >= 11 is 15.0. The molecule has 1 aliphatic heterocycles. The van der Waals surface area contributed by atoms with E-state index in [1.165, 1.54) is 18.2 Å². The Morgan fingerprint density at radius 3 is 2.12 bits per heavy atom. The summed E-state index contributed by atoms with van der Waals surface area (Å²) in [6.45, 7) is 0. The first-order valence-electron chi connectivity index (χ1n) is 6.67. The summed E-state index contributed by atoms with van der Waals surface area (Å²) in [4.78, 5) is 5.00. The Morgan fingerprint density at radius 2 is 1.58 bits per heavy atom. The van der Waals surface area contributed by atoms with E-state index in [9.17, 15) is 13.2 Å². The minimum absolute atomic E-state index is 0.0928. The lowest BCUT2D eigenvalue weighted by Crippen LogP contribution is -2.42. The van der Waals surface area contributed by atoms with Crippen molar-refractivity contribution >= 4 is 44.8 Å². The molecule has 24 heavy (non-hydrogen) atoms. The number of hydroxylamine groups is 1. The van der Waals surface area contributed by atoms with Gasteiger partial charge in [0.15, 0.2) is 0 Å². The van der Waals surface area contributed by atoms with Crippen LogP contribution < -0.4 is 5.48 Å². The van der Waals surface area contributed by atoms with Gasteiger partial charge in [-0.25, -0.2) is 0 Å². The van der Waals surface area contributed by atoms with Crippen LogP contribution in [0.4, 0.5) is 13.2 Å². The Morgan fingerprint density at radius 1 is 1.00 bits per heavy atom. The lowest BCUT2D eigenvalue weighted by Gasteiger charge is -2.28. The molecular formula is C16H9BrCl2F3NO. The van der Waals surface area contributed by atoms with Gasteiger partial charge < -0.3 is 0 Å². The normalized spacial score (nSPS) is 20.7. The predicted octanol–water partition coefficient (Wildman–Crippen LogP) is 6.09. The molecule has 0 radical (unpaired) electrons. The number of hydrogen-bond acceptors (Lipinski definition) is 2. The molecule has 0 amide bonds. The van der Waals surface area contributed by atoms with Crippen molar-refractivity contribution in [1.29, 1.82) is 0 Å². The lowest BCUT2D eigenvalue weighted by molar-refractivity contribution is -0.269. The molecule has 0 saturated heterocycles. The first-order valence-corrected chi connectivity index (χ1v) is 8.22. The first-order chi connectivity index (χ1) is 11.2. The molecule has 1 N–H and O–H groups in total. The molecule has 0 saturated carbocycles. The van der Waals surface area contributed by atoms with Gasteiger partial charge in [0, 0.05) is 20.1 Å². The zero-order chi connectivity index (χ0) is 17.5. The number of alkyl halides is 3. The molecule has 2 aromatic rings. The van der Waals surface area contributed by atoms with Crippen LogP contribution in [0, 0.1) is 0 Å². The van der Waals surface area contributed by atoms with Crippen LogP contribution in [0.25, 0.3) is 5.70 Å². The van der Waals surface area contributed by atoms with Crippen molar-refractivity contribution < 1.29 is 18.0 Å². The van der Waals surface area contributed by atoms with Crippen LogP contribution >= 0.6 is 39.1 Å². The molecule has 126 valence electrons. The highest BCUT2D eigenvalue weighted by molar-refractivity contribution is 9.10. The fraction of sp³-hybridized carbons (Fsp3) is 0.125. The van der Waals surface area contributed by atoms with E-state index < -0.39 is 11.8 Å². The summed E-state index contributed by atoms with van der Waals surface area (Å²) in [6.07, 6.45) is -3.73. The quantitative estimate of drug-likeness (QED) is 0.612. The van der Waals surface area contributed by atoms with Gasteiger partial charge in [0.1, 0.15) is 0 Å². The molecule has 1 unspecified atom stereocenters. The number of rotatable bonds is 2. The predicted molar refractivity (Wildman–Crippen MR) is 90.5 cm³/mol. The highest BCUT2D eigenvalue weighted by Gasteiger charge is 2.59. The molecular weight excluding hydrogens is 430 g/mol. The van der Waals surface area contributed by atoms with Crippen LogP contribution in [-0.2, 0) is 10.4 Å². The minimum Gasteiger partial charge on any atom is -0.265 e. The van der Waals surface area contributed by atoms with E-state index in [0.29, 0.717) is 5.56 Å². The van der Waals surface area contributed by atoms with E-state index in [0.717, 1.165) is 10.5 Å². The molecule has 1 aliphatic rings. The average Bonchev–Trinajstić information content (AvgIpc) is 2.93. The highest BCUT2D eigenvalue weighted by atomic mass is 79.9. The topological polar surface area (TPSA) is 21.3 Å². The van der Waals surface area contributed by atoms with Gasteiger partial charge in [-0.05, 0) is 42.0 Å². The van der Waals surface area contributed by atoms with Gasteiger partial charge in [-0.1, -0.05) is 51.3 Å². The Balaban J connectivity index is 2.13. The van der Waals surface area contributed by atoms with Crippen molar-refractivity contribution in [2.45, 2.75) is 11.8 Å². The van der Waals surface area contributed by atoms with Gasteiger partial charge >= 0.3 is 6.18 Å². The second kappa shape index (κ2) is 6.26. The van der Waals surface area contributed by atoms with E-state index in [2.05, 4.69) is 21.4 Å². The van der Waals surface area contributed by atoms with Crippen molar-refractivity contribution in [3.8, 4) is 0 Å². The summed E-state index contributed by atoms with van der Waals surface area (Å²) in [5, 5.41) is 0.186. The Bertz CT molecular complexity index is 788. The summed E-state index contributed by atoms with van der Waals surface area (Å²) in [5.41, 5.74) is 0.246. The number of benzene rings is 2. The smallest absolute Gasteiger partial charge is 0.265 e. The van der Waals surface area contributed by atoms with Gasteiger partial charge in [0.05, 0.1) is 5.70 Å². The maximum absolute atomic E-state index is 13.8. The third-order valence-electron chi connectivity index (χ3n) is 3.54. The van der Waals surface area contributed by atoms with Gasteiger partial charge in [-0.15, -0.1) is 0 Å². The van der Waals surface area contributed by atoms with Crippen molar-refractivity contribution in [3.05, 3.63) is 74.2 Å². The van der Waals surface area contributed by atoms with Crippen LogP contribution in [0.15, 0.2) is 53.0 Å². The van der Waals surface area contributed by atoms with Gasteiger partial charge in [-0.3, -0.25) is 10.3 Å². The molecule has 0 aromatic heterocycles. The van der Waals surface area contributed by atoms with Crippen molar-refractivity contribution in [1.82, 2.24) is 5.48 Å². The first kappa shape index (κ1) is 17.6. The molecule has 2 nitrogen and oxygen atoms in total. The summed E-state index contributed by atoms with van der Waals surface area (Å²) in [6, 6.07) is 10.5. The minimum atomic E-state index is -4.72. The Hall–Kier alpha value is -1.21. The maximum atomic E-state index is 13.8. The van der Waals surface area contributed by atoms with Crippen LogP contribution in [0.5, 0.6) is 0 Å². The van der Waals surface area contributed by atoms with Gasteiger partial charge in [0.2, 0.25) is 5.60 Å². The monoisotopic (exact) mass is 437 g/mol. The number of halogens is 6. The van der Waals surface area contributed by atoms with Crippen LogP contribution in [-0.4, -0.2) is 6.18 Å². The van der Waals surface area contributed by atoms with Gasteiger partial charge in [0.25, 0.3) is 0 Å². The second-order valence-corrected chi connectivity index (χ2v) is 6.95. The van der Waals surface area contributed by atoms with Gasteiger partial charge in [-0.2, -0.15) is 13.2 Å². The molecule has 2 aromatic carbocycles. The van der Waals surface area contributed by atoms with E-state index in [-0.39, 0.29) is 21.3 Å². The Labute approximate surface area is 154 Å². The van der Waals surface area contributed by atoms with Crippen molar-refractivity contribution in [2.24, 2.45) is 0 Å². The van der Waals surface area contributed by atoms with Crippen molar-refractivity contribution in [2.75, 3.05) is 0 Å². The summed E-state index contributed by atoms with van der Waals surface area (Å²) < 4.78 is 42.3. The fourth-order valence-electron chi connectivity index (χ4n) is 2.38. The van der Waals surface area contributed by atoms with E-state index in [1.54, 1.807) is 24.3 Å². The number of hydrogen-bond donors (Lipinski definition) is 1. The third-order valence-corrected chi connectivity index (χ3v) is 4.50. The summed E-state index contributed by atoms with van der Waals surface area (Å²) in [7, 11) is 0.